The first-order chi connectivity index (χ1) is 4.72. The second-order valence-corrected chi connectivity index (χ2v) is 1.76. The number of allylic oxidation sites excluding steroid dienone is 6. The van der Waals surface area contributed by atoms with Gasteiger partial charge in [-0.2, -0.15) is 0 Å². The van der Waals surface area contributed by atoms with Gasteiger partial charge in [0.15, 0.2) is 0 Å². The van der Waals surface area contributed by atoms with Crippen LogP contribution in [0.1, 0.15) is 6.92 Å². The molecule has 0 aromatic carbocycles. The van der Waals surface area contributed by atoms with Crippen molar-refractivity contribution in [2.45, 2.75) is 6.92 Å². The van der Waals surface area contributed by atoms with Crippen LogP contribution in [0.5, 0.6) is 0 Å². The normalized spacial score (nSPS) is 12.0. The molecule has 0 bridgehead atoms. The smallest absolute Gasteiger partial charge is 0.123 e. The summed E-state index contributed by atoms with van der Waals surface area (Å²) in [6, 6.07) is 0. The molecule has 0 aromatic heterocycles. The zero-order valence-electron chi connectivity index (χ0n) is 6.10. The maximum absolute atomic E-state index is 12.4. The molecule has 0 amide bonds. The van der Waals surface area contributed by atoms with Crippen molar-refractivity contribution in [2.75, 3.05) is 0 Å². The topological polar surface area (TPSA) is 0 Å². The highest BCUT2D eigenvalue weighted by molar-refractivity contribution is 5.35. The van der Waals surface area contributed by atoms with Gasteiger partial charge in [-0.15, -0.1) is 0 Å². The summed E-state index contributed by atoms with van der Waals surface area (Å²) in [6.45, 7) is 8.43. The van der Waals surface area contributed by atoms with Gasteiger partial charge in [-0.1, -0.05) is 37.5 Å². The first kappa shape index (κ1) is 8.89. The first-order valence-electron chi connectivity index (χ1n) is 3.02. The van der Waals surface area contributed by atoms with Crippen molar-refractivity contribution in [3.63, 3.8) is 0 Å². The minimum atomic E-state index is -0.432. The SMILES string of the molecule is C=C/C=C(/C=C/C)C(=C)F. The molecule has 0 aliphatic heterocycles. The van der Waals surface area contributed by atoms with Crippen LogP contribution in [0.2, 0.25) is 0 Å². The Hall–Kier alpha value is -1.11. The standard InChI is InChI=1S/C9H11F/c1-4-6-9(7-5-2)8(3)10/h4-7H,1,3H2,2H3/b7-5+,9-6-. The molecule has 0 aromatic rings. The van der Waals surface area contributed by atoms with Gasteiger partial charge in [0.1, 0.15) is 5.83 Å². The van der Waals surface area contributed by atoms with Crippen molar-refractivity contribution in [2.24, 2.45) is 0 Å². The molecule has 0 rings (SSSR count). The maximum Gasteiger partial charge on any atom is 0.123 e. The average molecular weight is 138 g/mol. The van der Waals surface area contributed by atoms with Crippen molar-refractivity contribution >= 4 is 0 Å². The fourth-order valence-corrected chi connectivity index (χ4v) is 0.543. The van der Waals surface area contributed by atoms with E-state index in [1.54, 1.807) is 18.2 Å². The van der Waals surface area contributed by atoms with Gasteiger partial charge in [-0.25, -0.2) is 4.39 Å². The van der Waals surface area contributed by atoms with Gasteiger partial charge < -0.3 is 0 Å². The zero-order chi connectivity index (χ0) is 7.98. The lowest BCUT2D eigenvalue weighted by atomic mass is 10.2. The van der Waals surface area contributed by atoms with Crippen LogP contribution in [0.25, 0.3) is 0 Å². The number of rotatable bonds is 3. The molecule has 0 nitrogen and oxygen atoms in total. The van der Waals surface area contributed by atoms with Crippen molar-refractivity contribution < 1.29 is 4.39 Å². The predicted molar refractivity (Wildman–Crippen MR) is 43.3 cm³/mol. The molecular weight excluding hydrogens is 127 g/mol. The third-order valence-electron chi connectivity index (χ3n) is 0.957. The van der Waals surface area contributed by atoms with Gasteiger partial charge in [0.2, 0.25) is 0 Å². The lowest BCUT2D eigenvalue weighted by Crippen LogP contribution is -1.74. The Kier molecular flexibility index (Phi) is 4.21. The summed E-state index contributed by atoms with van der Waals surface area (Å²) in [5.41, 5.74) is 0.470. The van der Waals surface area contributed by atoms with E-state index in [4.69, 9.17) is 0 Å². The highest BCUT2D eigenvalue weighted by Gasteiger charge is 1.92. The second kappa shape index (κ2) is 4.74. The van der Waals surface area contributed by atoms with Gasteiger partial charge in [0, 0.05) is 5.57 Å². The van der Waals surface area contributed by atoms with E-state index in [0.29, 0.717) is 5.57 Å². The summed E-state index contributed by atoms with van der Waals surface area (Å²) >= 11 is 0. The monoisotopic (exact) mass is 138 g/mol. The number of hydrogen-bond donors (Lipinski definition) is 0. The minimum Gasteiger partial charge on any atom is -0.207 e. The summed E-state index contributed by atoms with van der Waals surface area (Å²) in [4.78, 5) is 0. The van der Waals surface area contributed by atoms with E-state index in [9.17, 15) is 4.39 Å². The third-order valence-corrected chi connectivity index (χ3v) is 0.957. The number of halogens is 1. The van der Waals surface area contributed by atoms with Crippen LogP contribution in [0.3, 0.4) is 0 Å². The summed E-state index contributed by atoms with van der Waals surface area (Å²) in [5.74, 6) is -0.432. The quantitative estimate of drug-likeness (QED) is 0.525. The van der Waals surface area contributed by atoms with Crippen LogP contribution in [0.4, 0.5) is 4.39 Å². The van der Waals surface area contributed by atoms with Gasteiger partial charge >= 0.3 is 0 Å². The van der Waals surface area contributed by atoms with Crippen molar-refractivity contribution in [1.82, 2.24) is 0 Å². The first-order valence-corrected chi connectivity index (χ1v) is 3.02. The summed E-state index contributed by atoms with van der Waals surface area (Å²) < 4.78 is 12.4. The Morgan fingerprint density at radius 1 is 1.50 bits per heavy atom. The molecule has 0 saturated heterocycles. The van der Waals surface area contributed by atoms with Crippen LogP contribution in [0.15, 0.2) is 48.9 Å². The minimum absolute atomic E-state index is 0.432. The van der Waals surface area contributed by atoms with Crippen LogP contribution in [0, 0.1) is 0 Å². The van der Waals surface area contributed by atoms with Crippen LogP contribution in [-0.4, -0.2) is 0 Å². The molecule has 1 heteroatoms. The highest BCUT2D eigenvalue weighted by atomic mass is 19.1. The Morgan fingerprint density at radius 3 is 2.40 bits per heavy atom. The molecule has 0 aliphatic carbocycles. The van der Waals surface area contributed by atoms with Gasteiger partial charge in [-0.05, 0) is 6.92 Å². The Morgan fingerprint density at radius 2 is 2.10 bits per heavy atom. The van der Waals surface area contributed by atoms with Gasteiger partial charge in [-0.3, -0.25) is 0 Å². The summed E-state index contributed by atoms with van der Waals surface area (Å²) in [7, 11) is 0. The summed E-state index contributed by atoms with van der Waals surface area (Å²) in [6.07, 6.45) is 6.49. The van der Waals surface area contributed by atoms with Crippen LogP contribution < -0.4 is 0 Å². The molecule has 0 spiro atoms. The molecule has 54 valence electrons. The maximum atomic E-state index is 12.4. The van der Waals surface area contributed by atoms with Crippen molar-refractivity contribution in [1.29, 1.82) is 0 Å². The Balaban J connectivity index is 4.41. The van der Waals surface area contributed by atoms with Crippen molar-refractivity contribution in [3.8, 4) is 0 Å². The van der Waals surface area contributed by atoms with E-state index >= 15 is 0 Å². The van der Waals surface area contributed by atoms with E-state index in [1.807, 2.05) is 6.92 Å². The molecule has 0 aliphatic rings. The molecular formula is C9H11F. The fraction of sp³-hybridized carbons (Fsp3) is 0.111. The van der Waals surface area contributed by atoms with E-state index < -0.39 is 5.83 Å². The Labute approximate surface area is 61.1 Å². The van der Waals surface area contributed by atoms with Crippen molar-refractivity contribution in [3.05, 3.63) is 48.9 Å². The van der Waals surface area contributed by atoms with E-state index in [-0.39, 0.29) is 0 Å². The Bertz CT molecular complexity index is 185. The van der Waals surface area contributed by atoms with E-state index in [0.717, 1.165) is 0 Å². The van der Waals surface area contributed by atoms with Crippen LogP contribution in [-0.2, 0) is 0 Å². The third kappa shape index (κ3) is 3.02. The van der Waals surface area contributed by atoms with E-state index in [1.165, 1.54) is 6.08 Å². The molecule has 0 saturated carbocycles. The number of hydrogen-bond acceptors (Lipinski definition) is 0. The average Bonchev–Trinajstić information content (AvgIpc) is 1.87. The largest absolute Gasteiger partial charge is 0.207 e. The lowest BCUT2D eigenvalue weighted by Gasteiger charge is -1.92. The lowest BCUT2D eigenvalue weighted by molar-refractivity contribution is 0.661. The molecule has 0 unspecified atom stereocenters. The summed E-state index contributed by atoms with van der Waals surface area (Å²) in [5, 5.41) is 0. The predicted octanol–water partition coefficient (Wildman–Crippen LogP) is 3.16. The molecule has 0 fully saturated rings. The van der Waals surface area contributed by atoms with Crippen LogP contribution >= 0.6 is 0 Å². The molecule has 0 heterocycles. The molecule has 10 heavy (non-hydrogen) atoms. The molecule has 0 N–H and O–H groups in total. The second-order valence-electron chi connectivity index (χ2n) is 1.76. The molecule has 0 radical (unpaired) electrons. The molecule has 0 atom stereocenters. The van der Waals surface area contributed by atoms with Gasteiger partial charge in [0.25, 0.3) is 0 Å². The fourth-order valence-electron chi connectivity index (χ4n) is 0.543. The van der Waals surface area contributed by atoms with Gasteiger partial charge in [0.05, 0.1) is 0 Å². The zero-order valence-corrected chi connectivity index (χ0v) is 6.10. The van der Waals surface area contributed by atoms with E-state index in [2.05, 4.69) is 13.2 Å². The highest BCUT2D eigenvalue weighted by Crippen LogP contribution is 2.09.